The average Bonchev–Trinajstić information content (AvgIpc) is 3.33. The Hall–Kier alpha value is -4.51. The molecule has 0 aliphatic rings. The number of nitrogens with one attached hydrogen (secondary N) is 1. The second kappa shape index (κ2) is 11.8. The zero-order chi connectivity index (χ0) is 25.3. The van der Waals surface area contributed by atoms with Crippen molar-refractivity contribution in [2.45, 2.75) is 12.1 Å². The Kier molecular flexibility index (Phi) is 8.04. The highest BCUT2D eigenvalue weighted by molar-refractivity contribution is 7.99. The third-order valence-corrected chi connectivity index (χ3v) is 5.86. The van der Waals surface area contributed by atoms with Gasteiger partial charge in [0.2, 0.25) is 0 Å². The largest absolute Gasteiger partial charge is 0.494 e. The summed E-state index contributed by atoms with van der Waals surface area (Å²) in [5.41, 5.74) is 4.29. The highest BCUT2D eigenvalue weighted by atomic mass is 32.2. The monoisotopic (exact) mass is 502 g/mol. The quantitative estimate of drug-likeness (QED) is 0.147. The topological polar surface area (TPSA) is 125 Å². The van der Waals surface area contributed by atoms with Crippen molar-refractivity contribution >= 4 is 29.6 Å². The van der Waals surface area contributed by atoms with E-state index in [4.69, 9.17) is 4.74 Å². The molecule has 0 bridgehead atoms. The normalized spacial score (nSPS) is 10.9. The summed E-state index contributed by atoms with van der Waals surface area (Å²) in [5, 5.41) is 24.2. The maximum Gasteiger partial charge on any atom is 0.278 e. The molecule has 3 aromatic carbocycles. The maximum atomic E-state index is 12.4. The molecule has 0 aliphatic carbocycles. The predicted octanol–water partition coefficient (Wildman–Crippen LogP) is 4.48. The Bertz CT molecular complexity index is 1370. The SMILES string of the molecule is CCOc1ccc(-n2c(SCC(=O)NN=Cc3ccccc3[N+](=O)[O-])nnc2-c2ccccc2)cc1. The number of thioether (sulfide) groups is 1. The van der Waals surface area contributed by atoms with Crippen molar-refractivity contribution in [2.75, 3.05) is 12.4 Å². The van der Waals surface area contributed by atoms with Gasteiger partial charge in [-0.3, -0.25) is 19.5 Å². The fourth-order valence-electron chi connectivity index (χ4n) is 3.33. The van der Waals surface area contributed by atoms with Crippen molar-refractivity contribution in [1.82, 2.24) is 20.2 Å². The second-order valence-corrected chi connectivity index (χ2v) is 8.27. The molecule has 0 spiro atoms. The molecule has 10 nitrogen and oxygen atoms in total. The smallest absolute Gasteiger partial charge is 0.278 e. The van der Waals surface area contributed by atoms with Crippen LogP contribution < -0.4 is 10.2 Å². The van der Waals surface area contributed by atoms with Gasteiger partial charge in [-0.2, -0.15) is 5.10 Å². The molecule has 1 aromatic heterocycles. The van der Waals surface area contributed by atoms with Crippen LogP contribution in [-0.2, 0) is 4.79 Å². The molecule has 1 N–H and O–H groups in total. The first-order valence-electron chi connectivity index (χ1n) is 11.0. The van der Waals surface area contributed by atoms with E-state index < -0.39 is 10.8 Å². The van der Waals surface area contributed by atoms with Gasteiger partial charge in [-0.15, -0.1) is 10.2 Å². The molecular formula is C25H22N6O4S. The number of amides is 1. The van der Waals surface area contributed by atoms with E-state index in [0.29, 0.717) is 17.6 Å². The van der Waals surface area contributed by atoms with Crippen LogP contribution in [0, 0.1) is 10.1 Å². The van der Waals surface area contributed by atoms with Gasteiger partial charge in [0, 0.05) is 17.3 Å². The van der Waals surface area contributed by atoms with E-state index in [1.165, 1.54) is 24.0 Å². The van der Waals surface area contributed by atoms with Crippen LogP contribution in [0.2, 0.25) is 0 Å². The van der Waals surface area contributed by atoms with Crippen LogP contribution in [0.15, 0.2) is 89.1 Å². The van der Waals surface area contributed by atoms with Crippen molar-refractivity contribution < 1.29 is 14.5 Å². The fraction of sp³-hybridized carbons (Fsp3) is 0.120. The van der Waals surface area contributed by atoms with Crippen molar-refractivity contribution in [3.63, 3.8) is 0 Å². The van der Waals surface area contributed by atoms with Crippen LogP contribution in [0.1, 0.15) is 12.5 Å². The maximum absolute atomic E-state index is 12.4. The van der Waals surface area contributed by atoms with E-state index >= 15 is 0 Å². The third kappa shape index (κ3) is 5.94. The van der Waals surface area contributed by atoms with Gasteiger partial charge < -0.3 is 4.74 Å². The number of hydrogen-bond acceptors (Lipinski definition) is 8. The average molecular weight is 503 g/mol. The molecule has 0 saturated heterocycles. The number of hydrazone groups is 1. The van der Waals surface area contributed by atoms with Gasteiger partial charge in [-0.05, 0) is 37.3 Å². The zero-order valence-electron chi connectivity index (χ0n) is 19.3. The number of hydrogen-bond donors (Lipinski definition) is 1. The molecule has 0 atom stereocenters. The van der Waals surface area contributed by atoms with Crippen LogP contribution in [0.4, 0.5) is 5.69 Å². The first kappa shape index (κ1) is 24.6. The highest BCUT2D eigenvalue weighted by Gasteiger charge is 2.17. The van der Waals surface area contributed by atoms with Gasteiger partial charge in [0.05, 0.1) is 29.1 Å². The van der Waals surface area contributed by atoms with Crippen molar-refractivity contribution in [2.24, 2.45) is 5.10 Å². The van der Waals surface area contributed by atoms with E-state index in [-0.39, 0.29) is 17.0 Å². The molecule has 0 fully saturated rings. The molecule has 4 aromatic rings. The van der Waals surface area contributed by atoms with E-state index in [9.17, 15) is 14.9 Å². The van der Waals surface area contributed by atoms with Gasteiger partial charge in [-0.25, -0.2) is 5.43 Å². The number of nitro groups is 1. The Morgan fingerprint density at radius 2 is 1.81 bits per heavy atom. The summed E-state index contributed by atoms with van der Waals surface area (Å²) in [7, 11) is 0. The zero-order valence-corrected chi connectivity index (χ0v) is 20.1. The number of para-hydroxylation sites is 1. The van der Waals surface area contributed by atoms with Gasteiger partial charge in [0.25, 0.3) is 11.6 Å². The van der Waals surface area contributed by atoms with Crippen molar-refractivity contribution in [3.05, 3.63) is 94.5 Å². The lowest BCUT2D eigenvalue weighted by atomic mass is 10.2. The Morgan fingerprint density at radius 3 is 2.53 bits per heavy atom. The summed E-state index contributed by atoms with van der Waals surface area (Å²) in [6.45, 7) is 2.49. The lowest BCUT2D eigenvalue weighted by molar-refractivity contribution is -0.385. The van der Waals surface area contributed by atoms with E-state index in [2.05, 4.69) is 20.7 Å². The minimum absolute atomic E-state index is 0.0121. The summed E-state index contributed by atoms with van der Waals surface area (Å²) in [5.74, 6) is 1.01. The molecular weight excluding hydrogens is 480 g/mol. The number of carbonyl (C=O) groups is 1. The molecule has 0 unspecified atom stereocenters. The van der Waals surface area contributed by atoms with Crippen LogP contribution >= 0.6 is 11.8 Å². The summed E-state index contributed by atoms with van der Waals surface area (Å²) in [4.78, 5) is 23.0. The Labute approximate surface area is 211 Å². The minimum atomic E-state index is -0.503. The van der Waals surface area contributed by atoms with E-state index in [0.717, 1.165) is 17.0 Å². The summed E-state index contributed by atoms with van der Waals surface area (Å²) >= 11 is 1.20. The second-order valence-electron chi connectivity index (χ2n) is 7.33. The summed E-state index contributed by atoms with van der Waals surface area (Å²) in [6.07, 6.45) is 1.25. The molecule has 11 heteroatoms. The van der Waals surface area contributed by atoms with Gasteiger partial charge in [0.1, 0.15) is 5.75 Å². The molecule has 0 aliphatic heterocycles. The van der Waals surface area contributed by atoms with Crippen LogP contribution in [0.25, 0.3) is 17.1 Å². The van der Waals surface area contributed by atoms with Crippen molar-refractivity contribution in [1.29, 1.82) is 0 Å². The Balaban J connectivity index is 1.50. The van der Waals surface area contributed by atoms with E-state index in [1.54, 1.807) is 18.2 Å². The van der Waals surface area contributed by atoms with E-state index in [1.807, 2.05) is 66.1 Å². The number of aromatic nitrogens is 3. The Morgan fingerprint density at radius 1 is 1.08 bits per heavy atom. The standard InChI is InChI=1S/C25H22N6O4S/c1-2-35-21-14-12-20(13-15-21)30-24(18-8-4-3-5-9-18)28-29-25(30)36-17-23(32)27-26-16-19-10-6-7-11-22(19)31(33)34/h3-16H,2,17H2,1H3,(H,27,32). The fourth-order valence-corrected chi connectivity index (χ4v) is 4.07. The number of ether oxygens (including phenoxy) is 1. The van der Waals surface area contributed by atoms with Crippen LogP contribution in [0.5, 0.6) is 5.75 Å². The van der Waals surface area contributed by atoms with Crippen LogP contribution in [0.3, 0.4) is 0 Å². The summed E-state index contributed by atoms with van der Waals surface area (Å²) < 4.78 is 7.42. The molecule has 1 heterocycles. The van der Waals surface area contributed by atoms with Crippen molar-refractivity contribution in [3.8, 4) is 22.8 Å². The lowest BCUT2D eigenvalue weighted by Crippen LogP contribution is -2.20. The first-order valence-corrected chi connectivity index (χ1v) is 12.0. The highest BCUT2D eigenvalue weighted by Crippen LogP contribution is 2.28. The number of carbonyl (C=O) groups excluding carboxylic acids is 1. The molecule has 182 valence electrons. The number of rotatable bonds is 10. The predicted molar refractivity (Wildman–Crippen MR) is 138 cm³/mol. The van der Waals surface area contributed by atoms with Crippen LogP contribution in [-0.4, -0.2) is 44.2 Å². The van der Waals surface area contributed by atoms with Gasteiger partial charge in [0.15, 0.2) is 11.0 Å². The molecule has 0 radical (unpaired) electrons. The minimum Gasteiger partial charge on any atom is -0.494 e. The third-order valence-electron chi connectivity index (χ3n) is 4.93. The molecule has 1 amide bonds. The number of nitro benzene ring substituents is 1. The summed E-state index contributed by atoms with van der Waals surface area (Å²) in [6, 6.07) is 23.3. The lowest BCUT2D eigenvalue weighted by Gasteiger charge is -2.11. The molecule has 0 saturated carbocycles. The number of nitrogens with zero attached hydrogens (tertiary/aromatic N) is 5. The molecule has 4 rings (SSSR count). The van der Waals surface area contributed by atoms with Gasteiger partial charge in [-0.1, -0.05) is 54.2 Å². The first-order chi connectivity index (χ1) is 17.6. The molecule has 36 heavy (non-hydrogen) atoms. The van der Waals surface area contributed by atoms with Gasteiger partial charge >= 0.3 is 0 Å². The number of benzene rings is 3.